The number of likely N-dealkylation sites (N-methyl/N-ethyl adjacent to an activating group) is 1. The van der Waals surface area contributed by atoms with Crippen LogP contribution in [0.3, 0.4) is 0 Å². The summed E-state index contributed by atoms with van der Waals surface area (Å²) in [6.45, 7) is 8.63. The van der Waals surface area contributed by atoms with Gasteiger partial charge in [-0.2, -0.15) is 0 Å². The van der Waals surface area contributed by atoms with Crippen molar-refractivity contribution in [3.05, 3.63) is 30.3 Å². The maximum atomic E-state index is 12.6. The summed E-state index contributed by atoms with van der Waals surface area (Å²) in [6.07, 6.45) is 6.95. The van der Waals surface area contributed by atoms with Gasteiger partial charge in [0.05, 0.1) is 0 Å². The highest BCUT2D eigenvalue weighted by atomic mass is 16.2. The van der Waals surface area contributed by atoms with Gasteiger partial charge >= 0.3 is 0 Å². The van der Waals surface area contributed by atoms with E-state index in [9.17, 15) is 4.79 Å². The normalized spacial score (nSPS) is 25.3. The fourth-order valence-corrected chi connectivity index (χ4v) is 5.33. The van der Waals surface area contributed by atoms with Gasteiger partial charge in [0.1, 0.15) is 0 Å². The lowest BCUT2D eigenvalue weighted by atomic mass is 9.90. The van der Waals surface area contributed by atoms with Crippen molar-refractivity contribution in [2.24, 2.45) is 5.92 Å². The molecule has 3 heterocycles. The van der Waals surface area contributed by atoms with Crippen LogP contribution in [-0.4, -0.2) is 86.1 Å². The van der Waals surface area contributed by atoms with Crippen LogP contribution in [0.4, 0.5) is 5.69 Å². The maximum absolute atomic E-state index is 12.6. The van der Waals surface area contributed by atoms with Crippen molar-refractivity contribution in [2.45, 2.75) is 44.6 Å². The fourth-order valence-electron chi connectivity index (χ4n) is 5.33. The number of hydrogen-bond acceptors (Lipinski definition) is 4. The molecule has 0 radical (unpaired) electrons. The third-order valence-electron chi connectivity index (χ3n) is 7.28. The fraction of sp³-hybridized carbons (Fsp3) is 0.708. The average Bonchev–Trinajstić information content (AvgIpc) is 2.79. The van der Waals surface area contributed by atoms with E-state index >= 15 is 0 Å². The Morgan fingerprint density at radius 1 is 0.931 bits per heavy atom. The predicted octanol–water partition coefficient (Wildman–Crippen LogP) is 2.92. The van der Waals surface area contributed by atoms with Gasteiger partial charge in [-0.15, -0.1) is 0 Å². The van der Waals surface area contributed by atoms with E-state index in [4.69, 9.17) is 0 Å². The molecule has 3 fully saturated rings. The number of piperidine rings is 2. The molecule has 3 aliphatic rings. The van der Waals surface area contributed by atoms with Crippen LogP contribution in [0.15, 0.2) is 30.3 Å². The van der Waals surface area contributed by atoms with Gasteiger partial charge in [-0.3, -0.25) is 9.69 Å². The Morgan fingerprint density at radius 3 is 2.38 bits per heavy atom. The molecule has 0 N–H and O–H groups in total. The van der Waals surface area contributed by atoms with Crippen LogP contribution in [-0.2, 0) is 4.79 Å². The number of carbonyl (C=O) groups excluding carboxylic acids is 1. The van der Waals surface area contributed by atoms with E-state index in [-0.39, 0.29) is 0 Å². The van der Waals surface area contributed by atoms with Crippen LogP contribution < -0.4 is 4.90 Å². The molecule has 160 valence electrons. The number of benzene rings is 1. The van der Waals surface area contributed by atoms with Crippen LogP contribution in [0.1, 0.15) is 38.5 Å². The summed E-state index contributed by atoms with van der Waals surface area (Å²) in [4.78, 5) is 22.3. The number of para-hydroxylation sites is 1. The minimum Gasteiger partial charge on any atom is -0.371 e. The topological polar surface area (TPSA) is 30.0 Å². The second-order valence-corrected chi connectivity index (χ2v) is 9.28. The standard InChI is InChI=1S/C24H38N4O/c1-25-16-18-27(19-17-25)24(29)10-9-21-6-5-13-28(20-21)23-11-14-26(15-12-23)22-7-3-2-4-8-22/h2-4,7-8,21,23H,5-6,9-20H2,1H3. The Bertz CT molecular complexity index is 636. The van der Waals surface area contributed by atoms with Crippen LogP contribution in [0, 0.1) is 5.92 Å². The van der Waals surface area contributed by atoms with Crippen molar-refractivity contribution in [2.75, 3.05) is 64.3 Å². The van der Waals surface area contributed by atoms with Crippen molar-refractivity contribution in [3.8, 4) is 0 Å². The van der Waals surface area contributed by atoms with Gasteiger partial charge < -0.3 is 14.7 Å². The zero-order valence-corrected chi connectivity index (χ0v) is 18.1. The Hall–Kier alpha value is -1.59. The number of piperazine rings is 1. The summed E-state index contributed by atoms with van der Waals surface area (Å²) in [6, 6.07) is 11.6. The molecule has 0 aliphatic carbocycles. The molecule has 29 heavy (non-hydrogen) atoms. The number of likely N-dealkylation sites (tertiary alicyclic amines) is 1. The lowest BCUT2D eigenvalue weighted by molar-refractivity contribution is -0.133. The molecule has 5 heteroatoms. The average molecular weight is 399 g/mol. The van der Waals surface area contributed by atoms with E-state index < -0.39 is 0 Å². The van der Waals surface area contributed by atoms with E-state index in [0.29, 0.717) is 11.8 Å². The molecule has 1 unspecified atom stereocenters. The third kappa shape index (κ3) is 5.52. The van der Waals surface area contributed by atoms with Crippen LogP contribution >= 0.6 is 0 Å². The molecular formula is C24H38N4O. The molecule has 3 saturated heterocycles. The summed E-state index contributed by atoms with van der Waals surface area (Å²) in [7, 11) is 2.14. The highest BCUT2D eigenvalue weighted by molar-refractivity contribution is 5.76. The van der Waals surface area contributed by atoms with Gasteiger partial charge in [0.15, 0.2) is 0 Å². The molecule has 0 aromatic heterocycles. The molecule has 3 aliphatic heterocycles. The lowest BCUT2D eigenvalue weighted by Gasteiger charge is -2.43. The SMILES string of the molecule is CN1CCN(C(=O)CCC2CCCN(C3CCN(c4ccccc4)CC3)C2)CC1. The quantitative estimate of drug-likeness (QED) is 0.763. The molecule has 1 atom stereocenters. The van der Waals surface area contributed by atoms with Crippen LogP contribution in [0.25, 0.3) is 0 Å². The van der Waals surface area contributed by atoms with Crippen molar-refractivity contribution in [3.63, 3.8) is 0 Å². The van der Waals surface area contributed by atoms with E-state index in [2.05, 4.69) is 57.0 Å². The van der Waals surface area contributed by atoms with Gasteiger partial charge in [0.25, 0.3) is 0 Å². The number of hydrogen-bond donors (Lipinski definition) is 0. The Labute approximate surface area is 176 Å². The number of carbonyl (C=O) groups is 1. The Morgan fingerprint density at radius 2 is 1.66 bits per heavy atom. The number of nitrogens with zero attached hydrogens (tertiary/aromatic N) is 4. The first-order valence-corrected chi connectivity index (χ1v) is 11.7. The van der Waals surface area contributed by atoms with Crippen molar-refractivity contribution < 1.29 is 4.79 Å². The number of rotatable bonds is 5. The number of amides is 1. The highest BCUT2D eigenvalue weighted by Gasteiger charge is 2.29. The highest BCUT2D eigenvalue weighted by Crippen LogP contribution is 2.28. The summed E-state index contributed by atoms with van der Waals surface area (Å²) < 4.78 is 0. The van der Waals surface area contributed by atoms with Crippen molar-refractivity contribution in [1.29, 1.82) is 0 Å². The van der Waals surface area contributed by atoms with Crippen LogP contribution in [0.2, 0.25) is 0 Å². The Kier molecular flexibility index (Phi) is 7.09. The molecule has 4 rings (SSSR count). The molecular weight excluding hydrogens is 360 g/mol. The summed E-state index contributed by atoms with van der Waals surface area (Å²) in [5, 5.41) is 0. The number of anilines is 1. The molecule has 1 amide bonds. The van der Waals surface area contributed by atoms with Crippen molar-refractivity contribution >= 4 is 11.6 Å². The first kappa shape index (κ1) is 20.7. The summed E-state index contributed by atoms with van der Waals surface area (Å²) in [5.74, 6) is 1.08. The minimum atomic E-state index is 0.381. The van der Waals surface area contributed by atoms with Crippen LogP contribution in [0.5, 0.6) is 0 Å². The maximum Gasteiger partial charge on any atom is 0.222 e. The second-order valence-electron chi connectivity index (χ2n) is 9.28. The first-order chi connectivity index (χ1) is 14.2. The van der Waals surface area contributed by atoms with E-state index in [0.717, 1.165) is 58.2 Å². The molecule has 1 aromatic carbocycles. The monoisotopic (exact) mass is 398 g/mol. The first-order valence-electron chi connectivity index (χ1n) is 11.7. The lowest BCUT2D eigenvalue weighted by Crippen LogP contribution is -2.49. The zero-order chi connectivity index (χ0) is 20.1. The van der Waals surface area contributed by atoms with Gasteiger partial charge in [-0.05, 0) is 63.7 Å². The summed E-state index contributed by atoms with van der Waals surface area (Å²) in [5.41, 5.74) is 1.37. The minimum absolute atomic E-state index is 0.381. The van der Waals surface area contributed by atoms with E-state index in [1.807, 2.05) is 0 Å². The Balaban J connectivity index is 1.20. The smallest absolute Gasteiger partial charge is 0.222 e. The van der Waals surface area contributed by atoms with Gasteiger partial charge in [0.2, 0.25) is 5.91 Å². The van der Waals surface area contributed by atoms with E-state index in [1.54, 1.807) is 0 Å². The third-order valence-corrected chi connectivity index (χ3v) is 7.28. The molecule has 1 aromatic rings. The molecule has 0 bridgehead atoms. The van der Waals surface area contributed by atoms with E-state index in [1.165, 1.54) is 44.5 Å². The molecule has 0 saturated carbocycles. The predicted molar refractivity (Wildman–Crippen MR) is 119 cm³/mol. The largest absolute Gasteiger partial charge is 0.371 e. The zero-order valence-electron chi connectivity index (χ0n) is 18.1. The molecule has 0 spiro atoms. The molecule has 5 nitrogen and oxygen atoms in total. The van der Waals surface area contributed by atoms with Gasteiger partial charge in [0, 0.05) is 64.0 Å². The van der Waals surface area contributed by atoms with Gasteiger partial charge in [-0.25, -0.2) is 0 Å². The summed E-state index contributed by atoms with van der Waals surface area (Å²) >= 11 is 0. The van der Waals surface area contributed by atoms with Gasteiger partial charge in [-0.1, -0.05) is 18.2 Å². The van der Waals surface area contributed by atoms with Crippen molar-refractivity contribution in [1.82, 2.24) is 14.7 Å². The second kappa shape index (κ2) is 9.94.